The van der Waals surface area contributed by atoms with Crippen molar-refractivity contribution in [3.63, 3.8) is 0 Å². The molecule has 0 amide bonds. The molecule has 1 aliphatic heterocycles. The van der Waals surface area contributed by atoms with Crippen LogP contribution < -0.4 is 10.1 Å². The van der Waals surface area contributed by atoms with Crippen molar-refractivity contribution in [3.05, 3.63) is 23.8 Å². The zero-order valence-corrected chi connectivity index (χ0v) is 9.95. The molecule has 1 atom stereocenters. The van der Waals surface area contributed by atoms with Gasteiger partial charge in [-0.25, -0.2) is 0 Å². The van der Waals surface area contributed by atoms with Crippen LogP contribution in [0.1, 0.15) is 18.4 Å². The van der Waals surface area contributed by atoms with Crippen molar-refractivity contribution in [2.75, 3.05) is 25.6 Å². The lowest BCUT2D eigenvalue weighted by atomic mass is 10.1. The maximum Gasteiger partial charge on any atom is 0.120 e. The van der Waals surface area contributed by atoms with E-state index in [1.807, 2.05) is 12.1 Å². The van der Waals surface area contributed by atoms with E-state index in [2.05, 4.69) is 18.3 Å². The summed E-state index contributed by atoms with van der Waals surface area (Å²) in [5.74, 6) is 0.893. The molecule has 0 radical (unpaired) electrons. The first-order valence-electron chi connectivity index (χ1n) is 5.78. The largest absolute Gasteiger partial charge is 0.497 e. The van der Waals surface area contributed by atoms with Crippen molar-refractivity contribution in [2.45, 2.75) is 25.8 Å². The molecule has 0 spiro atoms. The van der Waals surface area contributed by atoms with Crippen LogP contribution in [0, 0.1) is 6.92 Å². The lowest BCUT2D eigenvalue weighted by Crippen LogP contribution is -2.30. The van der Waals surface area contributed by atoms with Crippen LogP contribution in [0.3, 0.4) is 0 Å². The number of aryl methyl sites for hydroxylation is 1. The highest BCUT2D eigenvalue weighted by molar-refractivity contribution is 5.55. The summed E-state index contributed by atoms with van der Waals surface area (Å²) in [5.41, 5.74) is 2.39. The number of rotatable bonds is 3. The van der Waals surface area contributed by atoms with Gasteiger partial charge in [0.1, 0.15) is 5.75 Å². The maximum absolute atomic E-state index is 5.46. The number of benzene rings is 1. The Hall–Kier alpha value is -1.22. The van der Waals surface area contributed by atoms with E-state index in [1.54, 1.807) is 7.11 Å². The molecule has 1 aromatic carbocycles. The van der Waals surface area contributed by atoms with Crippen LogP contribution in [0.5, 0.6) is 5.75 Å². The SMILES string of the molecule is COc1ccc(C)c(NC2CCCOC2)c1. The highest BCUT2D eigenvalue weighted by atomic mass is 16.5. The van der Waals surface area contributed by atoms with E-state index in [-0.39, 0.29) is 0 Å². The van der Waals surface area contributed by atoms with Crippen LogP contribution in [-0.2, 0) is 4.74 Å². The van der Waals surface area contributed by atoms with Crippen LogP contribution in [0.15, 0.2) is 18.2 Å². The van der Waals surface area contributed by atoms with Gasteiger partial charge in [0.2, 0.25) is 0 Å². The Kier molecular flexibility index (Phi) is 3.67. The van der Waals surface area contributed by atoms with Gasteiger partial charge in [-0.05, 0) is 31.4 Å². The molecule has 1 unspecified atom stereocenters. The second-order valence-electron chi connectivity index (χ2n) is 4.24. The zero-order chi connectivity index (χ0) is 11.4. The Morgan fingerprint density at radius 2 is 2.31 bits per heavy atom. The predicted molar refractivity (Wildman–Crippen MR) is 65.2 cm³/mol. The Balaban J connectivity index is 2.06. The number of methoxy groups -OCH3 is 1. The summed E-state index contributed by atoms with van der Waals surface area (Å²) in [6.45, 7) is 3.80. The molecular formula is C13H19NO2. The van der Waals surface area contributed by atoms with E-state index < -0.39 is 0 Å². The van der Waals surface area contributed by atoms with Gasteiger partial charge in [0.25, 0.3) is 0 Å². The fourth-order valence-corrected chi connectivity index (χ4v) is 1.96. The van der Waals surface area contributed by atoms with Gasteiger partial charge in [-0.15, -0.1) is 0 Å². The molecule has 0 aliphatic carbocycles. The van der Waals surface area contributed by atoms with Crippen molar-refractivity contribution in [1.82, 2.24) is 0 Å². The fourth-order valence-electron chi connectivity index (χ4n) is 1.96. The molecule has 1 N–H and O–H groups in total. The van der Waals surface area contributed by atoms with Crippen molar-refractivity contribution in [2.24, 2.45) is 0 Å². The van der Waals surface area contributed by atoms with Gasteiger partial charge >= 0.3 is 0 Å². The summed E-state index contributed by atoms with van der Waals surface area (Å²) < 4.78 is 10.7. The second kappa shape index (κ2) is 5.21. The third-order valence-corrected chi connectivity index (χ3v) is 2.96. The van der Waals surface area contributed by atoms with Gasteiger partial charge < -0.3 is 14.8 Å². The van der Waals surface area contributed by atoms with Crippen LogP contribution in [0.25, 0.3) is 0 Å². The molecule has 1 aromatic rings. The van der Waals surface area contributed by atoms with Gasteiger partial charge in [0.15, 0.2) is 0 Å². The molecule has 88 valence electrons. The molecule has 1 heterocycles. The van der Waals surface area contributed by atoms with E-state index in [0.717, 1.165) is 31.1 Å². The average molecular weight is 221 g/mol. The molecule has 1 aliphatic rings. The molecule has 2 rings (SSSR count). The predicted octanol–water partition coefficient (Wildman–Crippen LogP) is 2.59. The second-order valence-corrected chi connectivity index (χ2v) is 4.24. The van der Waals surface area contributed by atoms with Crippen molar-refractivity contribution >= 4 is 5.69 Å². The van der Waals surface area contributed by atoms with E-state index >= 15 is 0 Å². The molecule has 0 saturated carbocycles. The van der Waals surface area contributed by atoms with Crippen LogP contribution in [-0.4, -0.2) is 26.4 Å². The van der Waals surface area contributed by atoms with Crippen molar-refractivity contribution in [3.8, 4) is 5.75 Å². The highest BCUT2D eigenvalue weighted by Gasteiger charge is 2.14. The lowest BCUT2D eigenvalue weighted by Gasteiger charge is -2.25. The summed E-state index contributed by atoms with van der Waals surface area (Å²) in [7, 11) is 1.69. The number of anilines is 1. The molecule has 1 fully saturated rings. The van der Waals surface area contributed by atoms with Gasteiger partial charge in [0, 0.05) is 24.4 Å². The van der Waals surface area contributed by atoms with Crippen LogP contribution in [0.4, 0.5) is 5.69 Å². The third-order valence-electron chi connectivity index (χ3n) is 2.96. The highest BCUT2D eigenvalue weighted by Crippen LogP contribution is 2.23. The Labute approximate surface area is 96.8 Å². The van der Waals surface area contributed by atoms with Crippen LogP contribution >= 0.6 is 0 Å². The monoisotopic (exact) mass is 221 g/mol. The first-order valence-corrected chi connectivity index (χ1v) is 5.78. The quantitative estimate of drug-likeness (QED) is 0.851. The Morgan fingerprint density at radius 1 is 1.44 bits per heavy atom. The number of hydrogen-bond donors (Lipinski definition) is 1. The van der Waals surface area contributed by atoms with Gasteiger partial charge in [-0.2, -0.15) is 0 Å². The Morgan fingerprint density at radius 3 is 3.00 bits per heavy atom. The van der Waals surface area contributed by atoms with Crippen molar-refractivity contribution < 1.29 is 9.47 Å². The van der Waals surface area contributed by atoms with Gasteiger partial charge in [-0.3, -0.25) is 0 Å². The minimum atomic E-state index is 0.430. The number of ether oxygens (including phenoxy) is 2. The molecular weight excluding hydrogens is 202 g/mol. The van der Waals surface area contributed by atoms with Gasteiger partial charge in [0.05, 0.1) is 13.7 Å². The first kappa shape index (κ1) is 11.3. The van der Waals surface area contributed by atoms with Gasteiger partial charge in [-0.1, -0.05) is 6.07 Å². The molecule has 16 heavy (non-hydrogen) atoms. The summed E-state index contributed by atoms with van der Waals surface area (Å²) >= 11 is 0. The molecule has 0 aromatic heterocycles. The topological polar surface area (TPSA) is 30.5 Å². The summed E-state index contributed by atoms with van der Waals surface area (Å²) in [6.07, 6.45) is 2.32. The maximum atomic E-state index is 5.46. The summed E-state index contributed by atoms with van der Waals surface area (Å²) in [5, 5.41) is 3.52. The molecule has 0 bridgehead atoms. The summed E-state index contributed by atoms with van der Waals surface area (Å²) in [6, 6.07) is 6.53. The molecule has 3 heteroatoms. The fraction of sp³-hybridized carbons (Fsp3) is 0.538. The first-order chi connectivity index (χ1) is 7.79. The smallest absolute Gasteiger partial charge is 0.120 e. The van der Waals surface area contributed by atoms with E-state index in [4.69, 9.17) is 9.47 Å². The van der Waals surface area contributed by atoms with E-state index in [9.17, 15) is 0 Å². The summed E-state index contributed by atoms with van der Waals surface area (Å²) in [4.78, 5) is 0. The molecule has 1 saturated heterocycles. The number of nitrogens with one attached hydrogen (secondary N) is 1. The standard InChI is InChI=1S/C13H19NO2/c1-10-5-6-12(15-2)8-13(10)14-11-4-3-7-16-9-11/h5-6,8,11,14H,3-4,7,9H2,1-2H3. The van der Waals surface area contributed by atoms with Crippen molar-refractivity contribution in [1.29, 1.82) is 0 Å². The minimum Gasteiger partial charge on any atom is -0.497 e. The lowest BCUT2D eigenvalue weighted by molar-refractivity contribution is 0.0876. The zero-order valence-electron chi connectivity index (χ0n) is 9.95. The van der Waals surface area contributed by atoms with E-state index in [0.29, 0.717) is 6.04 Å². The normalized spacial score (nSPS) is 20.5. The van der Waals surface area contributed by atoms with Crippen LogP contribution in [0.2, 0.25) is 0 Å². The minimum absolute atomic E-state index is 0.430. The Bertz CT molecular complexity index is 346. The average Bonchev–Trinajstić information content (AvgIpc) is 2.33. The molecule has 3 nitrogen and oxygen atoms in total. The third kappa shape index (κ3) is 2.67. The van der Waals surface area contributed by atoms with E-state index in [1.165, 1.54) is 12.0 Å². The number of hydrogen-bond acceptors (Lipinski definition) is 3.